The van der Waals surface area contributed by atoms with Crippen LogP contribution in [0, 0.1) is 12.7 Å². The van der Waals surface area contributed by atoms with E-state index >= 15 is 0 Å². The van der Waals surface area contributed by atoms with Crippen LogP contribution in [0.25, 0.3) is 0 Å². The molecule has 1 unspecified atom stereocenters. The highest BCUT2D eigenvalue weighted by Crippen LogP contribution is 2.21. The summed E-state index contributed by atoms with van der Waals surface area (Å²) in [6, 6.07) is 8.41. The van der Waals surface area contributed by atoms with Crippen LogP contribution in [0.3, 0.4) is 0 Å². The summed E-state index contributed by atoms with van der Waals surface area (Å²) in [6.07, 6.45) is 2.40. The number of nitrogens with one attached hydrogen (secondary N) is 1. The van der Waals surface area contributed by atoms with Crippen LogP contribution >= 0.6 is 0 Å². The van der Waals surface area contributed by atoms with Crippen LogP contribution in [0.2, 0.25) is 0 Å². The number of benzene rings is 1. The first-order chi connectivity index (χ1) is 11.6. The van der Waals surface area contributed by atoms with Gasteiger partial charge in [-0.3, -0.25) is 9.69 Å². The summed E-state index contributed by atoms with van der Waals surface area (Å²) in [4.78, 5) is 14.5. The number of hydrogen-bond acceptors (Lipinski definition) is 4. The summed E-state index contributed by atoms with van der Waals surface area (Å²) in [5.74, 6) is 0.553. The van der Waals surface area contributed by atoms with Crippen LogP contribution in [0.1, 0.15) is 29.9 Å². The number of carbonyl (C=O) groups is 1. The molecule has 0 bridgehead atoms. The molecule has 0 spiro atoms. The van der Waals surface area contributed by atoms with Gasteiger partial charge in [-0.2, -0.15) is 0 Å². The van der Waals surface area contributed by atoms with Crippen LogP contribution in [-0.4, -0.2) is 35.1 Å². The van der Waals surface area contributed by atoms with Crippen LogP contribution in [0.15, 0.2) is 34.9 Å². The van der Waals surface area contributed by atoms with Gasteiger partial charge in [0.25, 0.3) is 0 Å². The Bertz CT molecular complexity index is 701. The molecule has 1 saturated heterocycles. The predicted octanol–water partition coefficient (Wildman–Crippen LogP) is 2.45. The maximum absolute atomic E-state index is 13.8. The van der Waals surface area contributed by atoms with Crippen molar-refractivity contribution in [3.63, 3.8) is 0 Å². The quantitative estimate of drug-likeness (QED) is 0.883. The number of aromatic nitrogens is 1. The second kappa shape index (κ2) is 7.57. The second-order valence-corrected chi connectivity index (χ2v) is 6.19. The number of aryl methyl sites for hydroxylation is 1. The lowest BCUT2D eigenvalue weighted by atomic mass is 10.1. The van der Waals surface area contributed by atoms with Crippen molar-refractivity contribution in [1.82, 2.24) is 15.4 Å². The molecule has 2 heterocycles. The van der Waals surface area contributed by atoms with Gasteiger partial charge in [-0.05, 0) is 32.4 Å². The highest BCUT2D eigenvalue weighted by Gasteiger charge is 2.30. The molecular weight excluding hydrogens is 309 g/mol. The van der Waals surface area contributed by atoms with E-state index in [4.69, 9.17) is 4.52 Å². The molecule has 1 aromatic carbocycles. The van der Waals surface area contributed by atoms with Gasteiger partial charge in [0.1, 0.15) is 11.6 Å². The number of halogens is 1. The third-order valence-electron chi connectivity index (χ3n) is 4.35. The molecule has 24 heavy (non-hydrogen) atoms. The maximum Gasteiger partial charge on any atom is 0.237 e. The largest absolute Gasteiger partial charge is 0.361 e. The van der Waals surface area contributed by atoms with Crippen LogP contribution in [0.5, 0.6) is 0 Å². The highest BCUT2D eigenvalue weighted by atomic mass is 19.1. The Morgan fingerprint density at radius 2 is 2.29 bits per heavy atom. The topological polar surface area (TPSA) is 58.4 Å². The average molecular weight is 331 g/mol. The molecule has 2 aromatic rings. The molecule has 1 amide bonds. The van der Waals surface area contributed by atoms with Crippen LogP contribution in [-0.2, 0) is 17.8 Å². The summed E-state index contributed by atoms with van der Waals surface area (Å²) in [7, 11) is 0. The van der Waals surface area contributed by atoms with Crippen molar-refractivity contribution in [3.05, 3.63) is 53.2 Å². The minimum atomic E-state index is -0.218. The van der Waals surface area contributed by atoms with E-state index in [1.54, 1.807) is 12.1 Å². The zero-order chi connectivity index (χ0) is 16.9. The number of likely N-dealkylation sites (tertiary alicyclic amines) is 1. The van der Waals surface area contributed by atoms with Gasteiger partial charge in [0.2, 0.25) is 5.91 Å². The molecule has 1 N–H and O–H groups in total. The first-order valence-electron chi connectivity index (χ1n) is 8.31. The Kier molecular flexibility index (Phi) is 5.25. The molecule has 0 saturated carbocycles. The monoisotopic (exact) mass is 331 g/mol. The smallest absolute Gasteiger partial charge is 0.237 e. The molecule has 1 aliphatic heterocycles. The van der Waals surface area contributed by atoms with Gasteiger partial charge < -0.3 is 9.84 Å². The van der Waals surface area contributed by atoms with Crippen LogP contribution < -0.4 is 5.32 Å². The van der Waals surface area contributed by atoms with Gasteiger partial charge in [0.15, 0.2) is 0 Å². The maximum atomic E-state index is 13.8. The van der Waals surface area contributed by atoms with Crippen molar-refractivity contribution in [2.45, 2.75) is 38.8 Å². The predicted molar refractivity (Wildman–Crippen MR) is 87.8 cm³/mol. The van der Waals surface area contributed by atoms with E-state index in [1.165, 1.54) is 6.07 Å². The van der Waals surface area contributed by atoms with Crippen molar-refractivity contribution in [1.29, 1.82) is 0 Å². The van der Waals surface area contributed by atoms with Gasteiger partial charge in [0, 0.05) is 31.1 Å². The molecule has 1 aromatic heterocycles. The Hall–Kier alpha value is -2.21. The highest BCUT2D eigenvalue weighted by molar-refractivity contribution is 5.82. The Labute approximate surface area is 140 Å². The van der Waals surface area contributed by atoms with E-state index in [9.17, 15) is 9.18 Å². The van der Waals surface area contributed by atoms with E-state index in [0.717, 1.165) is 30.8 Å². The fraction of sp³-hybridized carbons (Fsp3) is 0.444. The molecule has 128 valence electrons. The fourth-order valence-corrected chi connectivity index (χ4v) is 3.13. The molecule has 6 heteroatoms. The minimum absolute atomic E-state index is 0.00376. The summed E-state index contributed by atoms with van der Waals surface area (Å²) >= 11 is 0. The molecule has 5 nitrogen and oxygen atoms in total. The van der Waals surface area contributed by atoms with Crippen molar-refractivity contribution in [2.75, 3.05) is 13.1 Å². The molecule has 0 radical (unpaired) electrons. The van der Waals surface area contributed by atoms with E-state index in [-0.39, 0.29) is 17.8 Å². The standard InChI is InChI=1S/C18H22FN3O2/c1-13-11-15(21-24-13)8-9-20-18(23)17-7-4-10-22(17)12-14-5-2-3-6-16(14)19/h2-3,5-6,11,17H,4,7-10,12H2,1H3,(H,20,23). The SMILES string of the molecule is Cc1cc(CCNC(=O)C2CCCN2Cc2ccccc2F)no1. The Balaban J connectivity index is 1.52. The molecule has 1 aliphatic rings. The number of carbonyl (C=O) groups excluding carboxylic acids is 1. The molecular formula is C18H22FN3O2. The zero-order valence-corrected chi connectivity index (χ0v) is 13.8. The van der Waals surface area contributed by atoms with Gasteiger partial charge in [-0.15, -0.1) is 0 Å². The van der Waals surface area contributed by atoms with Crippen molar-refractivity contribution in [3.8, 4) is 0 Å². The number of nitrogens with zero attached hydrogens (tertiary/aromatic N) is 2. The third-order valence-corrected chi connectivity index (χ3v) is 4.35. The lowest BCUT2D eigenvalue weighted by molar-refractivity contribution is -0.125. The average Bonchev–Trinajstić information content (AvgIpc) is 3.18. The zero-order valence-electron chi connectivity index (χ0n) is 13.8. The van der Waals surface area contributed by atoms with Crippen molar-refractivity contribution < 1.29 is 13.7 Å². The summed E-state index contributed by atoms with van der Waals surface area (Å²) in [6.45, 7) is 3.64. The van der Waals surface area contributed by atoms with E-state index < -0.39 is 0 Å². The molecule has 1 fully saturated rings. The number of hydrogen-bond donors (Lipinski definition) is 1. The van der Waals surface area contributed by atoms with Gasteiger partial charge in [-0.1, -0.05) is 23.4 Å². The fourth-order valence-electron chi connectivity index (χ4n) is 3.13. The lowest BCUT2D eigenvalue weighted by Gasteiger charge is -2.23. The van der Waals surface area contributed by atoms with Crippen molar-refractivity contribution >= 4 is 5.91 Å². The summed E-state index contributed by atoms with van der Waals surface area (Å²) < 4.78 is 18.8. The minimum Gasteiger partial charge on any atom is -0.361 e. The summed E-state index contributed by atoms with van der Waals surface area (Å²) in [5.41, 5.74) is 1.47. The molecule has 3 rings (SSSR count). The van der Waals surface area contributed by atoms with E-state index in [2.05, 4.69) is 10.5 Å². The Morgan fingerprint density at radius 1 is 1.46 bits per heavy atom. The molecule has 1 atom stereocenters. The lowest BCUT2D eigenvalue weighted by Crippen LogP contribution is -2.43. The Morgan fingerprint density at radius 3 is 3.04 bits per heavy atom. The normalized spacial score (nSPS) is 18.0. The van der Waals surface area contributed by atoms with Gasteiger partial charge in [-0.25, -0.2) is 4.39 Å². The van der Waals surface area contributed by atoms with Gasteiger partial charge >= 0.3 is 0 Å². The first kappa shape index (κ1) is 16.6. The second-order valence-electron chi connectivity index (χ2n) is 6.19. The third kappa shape index (κ3) is 4.00. The number of rotatable bonds is 6. The van der Waals surface area contributed by atoms with E-state index in [0.29, 0.717) is 25.1 Å². The van der Waals surface area contributed by atoms with Crippen LogP contribution in [0.4, 0.5) is 4.39 Å². The van der Waals surface area contributed by atoms with Gasteiger partial charge in [0.05, 0.1) is 11.7 Å². The molecule has 0 aliphatic carbocycles. The van der Waals surface area contributed by atoms with Crippen molar-refractivity contribution in [2.24, 2.45) is 0 Å². The summed E-state index contributed by atoms with van der Waals surface area (Å²) in [5, 5.41) is 6.87. The van der Waals surface area contributed by atoms with E-state index in [1.807, 2.05) is 24.0 Å². The number of amides is 1. The first-order valence-corrected chi connectivity index (χ1v) is 8.31.